The van der Waals surface area contributed by atoms with Gasteiger partial charge >= 0.3 is 11.9 Å². The number of carbonyl (C=O) groups is 2. The number of carboxylic acids is 2. The van der Waals surface area contributed by atoms with Gasteiger partial charge in [-0.15, -0.1) is 0 Å². The maximum absolute atomic E-state index is 10.9. The fourth-order valence-corrected chi connectivity index (χ4v) is 1.51. The van der Waals surface area contributed by atoms with Gasteiger partial charge in [0.2, 0.25) is 0 Å². The van der Waals surface area contributed by atoms with Crippen LogP contribution in [0.15, 0.2) is 28.7 Å². The molecule has 0 aromatic heterocycles. The van der Waals surface area contributed by atoms with E-state index in [2.05, 4.69) is 15.9 Å². The zero-order valence-corrected chi connectivity index (χ0v) is 9.77. The molecule has 0 aliphatic carbocycles. The lowest BCUT2D eigenvalue weighted by molar-refractivity contribution is -0.135. The fourth-order valence-electron chi connectivity index (χ4n) is 1.15. The predicted octanol–water partition coefficient (Wildman–Crippen LogP) is 2.64. The lowest BCUT2D eigenvalue weighted by Gasteiger charge is -2.01. The van der Waals surface area contributed by atoms with E-state index < -0.39 is 11.9 Å². The van der Waals surface area contributed by atoms with Crippen molar-refractivity contribution in [2.75, 3.05) is 0 Å². The van der Waals surface area contributed by atoms with E-state index >= 15 is 0 Å². The summed E-state index contributed by atoms with van der Waals surface area (Å²) in [6.07, 6.45) is 2.77. The maximum atomic E-state index is 10.9. The molecule has 0 aliphatic rings. The summed E-state index contributed by atoms with van der Waals surface area (Å²) in [5, 5.41) is 17.4. The van der Waals surface area contributed by atoms with E-state index in [1.807, 2.05) is 0 Å². The smallest absolute Gasteiger partial charge is 0.336 e. The fraction of sp³-hybridized carbons (Fsp3) is 0.0909. The molecule has 0 atom stereocenters. The zero-order chi connectivity index (χ0) is 12.1. The van der Waals surface area contributed by atoms with Crippen molar-refractivity contribution in [1.82, 2.24) is 0 Å². The van der Waals surface area contributed by atoms with E-state index in [1.165, 1.54) is 18.2 Å². The Morgan fingerprint density at radius 1 is 1.31 bits per heavy atom. The summed E-state index contributed by atoms with van der Waals surface area (Å²) < 4.78 is 0.667. The van der Waals surface area contributed by atoms with Crippen molar-refractivity contribution in [2.24, 2.45) is 0 Å². The van der Waals surface area contributed by atoms with E-state index in [9.17, 15) is 9.59 Å². The molecule has 84 valence electrons. The number of hydrogen-bond donors (Lipinski definition) is 2. The van der Waals surface area contributed by atoms with E-state index in [-0.39, 0.29) is 12.0 Å². The third-order valence-electron chi connectivity index (χ3n) is 1.84. The van der Waals surface area contributed by atoms with Gasteiger partial charge in [-0.25, -0.2) is 4.79 Å². The van der Waals surface area contributed by atoms with Crippen molar-refractivity contribution < 1.29 is 19.8 Å². The summed E-state index contributed by atoms with van der Waals surface area (Å²) in [5.74, 6) is -2.00. The molecule has 0 saturated carbocycles. The molecule has 2 N–H and O–H groups in total. The minimum Gasteiger partial charge on any atom is -0.481 e. The molecule has 0 aliphatic heterocycles. The highest BCUT2D eigenvalue weighted by molar-refractivity contribution is 9.10. The molecule has 0 bridgehead atoms. The van der Waals surface area contributed by atoms with Crippen LogP contribution in [0.1, 0.15) is 22.3 Å². The van der Waals surface area contributed by atoms with Crippen LogP contribution in [0.25, 0.3) is 6.08 Å². The Hall–Kier alpha value is -1.62. The number of aromatic carboxylic acids is 1. The van der Waals surface area contributed by atoms with Gasteiger partial charge in [0, 0.05) is 4.47 Å². The Morgan fingerprint density at radius 3 is 2.56 bits per heavy atom. The quantitative estimate of drug-likeness (QED) is 0.891. The summed E-state index contributed by atoms with van der Waals surface area (Å²) in [6, 6.07) is 4.79. The monoisotopic (exact) mass is 284 g/mol. The highest BCUT2D eigenvalue weighted by Gasteiger charge is 2.08. The second-order valence-corrected chi connectivity index (χ2v) is 3.95. The molecule has 16 heavy (non-hydrogen) atoms. The molecular formula is C11H9BrO4. The largest absolute Gasteiger partial charge is 0.481 e. The molecule has 0 radical (unpaired) electrons. The first-order valence-electron chi connectivity index (χ1n) is 4.42. The van der Waals surface area contributed by atoms with Crippen molar-refractivity contribution in [1.29, 1.82) is 0 Å². The Labute approximate surface area is 100 Å². The summed E-state index contributed by atoms with van der Waals surface area (Å²) in [7, 11) is 0. The van der Waals surface area contributed by atoms with Crippen LogP contribution < -0.4 is 0 Å². The first kappa shape index (κ1) is 12.4. The predicted molar refractivity (Wildman–Crippen MR) is 62.4 cm³/mol. The van der Waals surface area contributed by atoms with Gasteiger partial charge in [0.25, 0.3) is 0 Å². The highest BCUT2D eigenvalue weighted by atomic mass is 79.9. The lowest BCUT2D eigenvalue weighted by atomic mass is 10.1. The Bertz CT molecular complexity index is 451. The van der Waals surface area contributed by atoms with E-state index in [4.69, 9.17) is 10.2 Å². The normalized spacial score (nSPS) is 10.6. The molecule has 0 heterocycles. The van der Waals surface area contributed by atoms with Gasteiger partial charge in [0.1, 0.15) is 0 Å². The molecule has 4 nitrogen and oxygen atoms in total. The maximum Gasteiger partial charge on any atom is 0.336 e. The minimum absolute atomic E-state index is 0.130. The average Bonchev–Trinajstić information content (AvgIpc) is 2.19. The van der Waals surface area contributed by atoms with Crippen molar-refractivity contribution in [3.8, 4) is 0 Å². The van der Waals surface area contributed by atoms with Gasteiger partial charge < -0.3 is 10.2 Å². The Balaban J connectivity index is 2.99. The van der Waals surface area contributed by atoms with E-state index in [0.717, 1.165) is 0 Å². The number of hydrogen-bond acceptors (Lipinski definition) is 2. The van der Waals surface area contributed by atoms with E-state index in [0.29, 0.717) is 10.0 Å². The summed E-state index contributed by atoms with van der Waals surface area (Å²) >= 11 is 3.17. The van der Waals surface area contributed by atoms with Gasteiger partial charge in [0.05, 0.1) is 12.0 Å². The number of halogens is 1. The van der Waals surface area contributed by atoms with Gasteiger partial charge in [-0.3, -0.25) is 4.79 Å². The molecule has 5 heteroatoms. The Kier molecular flexibility index (Phi) is 4.25. The molecule has 0 saturated heterocycles. The van der Waals surface area contributed by atoms with Gasteiger partial charge in [-0.05, 0) is 17.7 Å². The van der Waals surface area contributed by atoms with Crippen LogP contribution in [-0.4, -0.2) is 22.2 Å². The van der Waals surface area contributed by atoms with Crippen molar-refractivity contribution in [3.05, 3.63) is 39.9 Å². The molecule has 0 fully saturated rings. The molecule has 1 aromatic carbocycles. The van der Waals surface area contributed by atoms with Gasteiger partial charge in [-0.2, -0.15) is 0 Å². The average molecular weight is 285 g/mol. The molecule has 0 unspecified atom stereocenters. The van der Waals surface area contributed by atoms with Crippen LogP contribution in [0.5, 0.6) is 0 Å². The summed E-state index contributed by atoms with van der Waals surface area (Å²) in [6.45, 7) is 0. The SMILES string of the molecule is O=C(O)CC=Cc1ccc(Br)cc1C(=O)O. The van der Waals surface area contributed by atoms with Crippen LogP contribution in [0.2, 0.25) is 0 Å². The second kappa shape index (κ2) is 5.46. The van der Waals surface area contributed by atoms with Crippen molar-refractivity contribution >= 4 is 33.9 Å². The number of aliphatic carboxylic acids is 1. The van der Waals surface area contributed by atoms with Crippen molar-refractivity contribution in [2.45, 2.75) is 6.42 Å². The van der Waals surface area contributed by atoms with Crippen LogP contribution in [0.3, 0.4) is 0 Å². The first-order chi connectivity index (χ1) is 7.50. The van der Waals surface area contributed by atoms with Crippen LogP contribution in [0, 0.1) is 0 Å². The van der Waals surface area contributed by atoms with Crippen LogP contribution >= 0.6 is 15.9 Å². The standard InChI is InChI=1S/C11H9BrO4/c12-8-5-4-7(2-1-3-10(13)14)9(6-8)11(15)16/h1-2,4-6H,3H2,(H,13,14)(H,15,16). The minimum atomic E-state index is -1.05. The molecular weight excluding hydrogens is 276 g/mol. The van der Waals surface area contributed by atoms with Crippen molar-refractivity contribution in [3.63, 3.8) is 0 Å². The zero-order valence-electron chi connectivity index (χ0n) is 8.18. The third kappa shape index (κ3) is 3.51. The van der Waals surface area contributed by atoms with E-state index in [1.54, 1.807) is 12.1 Å². The third-order valence-corrected chi connectivity index (χ3v) is 2.33. The lowest BCUT2D eigenvalue weighted by Crippen LogP contribution is -1.99. The summed E-state index contributed by atoms with van der Waals surface area (Å²) in [4.78, 5) is 21.2. The van der Waals surface area contributed by atoms with Gasteiger partial charge in [0.15, 0.2) is 0 Å². The summed E-state index contributed by atoms with van der Waals surface area (Å²) in [5.41, 5.74) is 0.618. The number of carboxylic acid groups (broad SMARTS) is 2. The molecule has 1 rings (SSSR count). The number of rotatable bonds is 4. The number of benzene rings is 1. The van der Waals surface area contributed by atoms with Gasteiger partial charge in [-0.1, -0.05) is 34.1 Å². The molecule has 0 spiro atoms. The molecule has 1 aromatic rings. The topological polar surface area (TPSA) is 74.6 Å². The second-order valence-electron chi connectivity index (χ2n) is 3.04. The Morgan fingerprint density at radius 2 is 2.00 bits per heavy atom. The first-order valence-corrected chi connectivity index (χ1v) is 5.21. The highest BCUT2D eigenvalue weighted by Crippen LogP contribution is 2.18. The van der Waals surface area contributed by atoms with Crippen LogP contribution in [-0.2, 0) is 4.79 Å². The molecule has 0 amide bonds. The van der Waals surface area contributed by atoms with Crippen LogP contribution in [0.4, 0.5) is 0 Å².